The Bertz CT molecular complexity index is 590. The number of hydrogen-bond acceptors (Lipinski definition) is 3. The number of carbonyl (C=O) groups is 2. The van der Waals surface area contributed by atoms with Crippen LogP contribution in [0.5, 0.6) is 0 Å². The van der Waals surface area contributed by atoms with Gasteiger partial charge in [-0.3, -0.25) is 9.69 Å². The van der Waals surface area contributed by atoms with Crippen molar-refractivity contribution in [3.8, 4) is 0 Å². The van der Waals surface area contributed by atoms with Gasteiger partial charge in [-0.15, -0.1) is 0 Å². The molecule has 136 valence electrons. The van der Waals surface area contributed by atoms with E-state index >= 15 is 0 Å². The number of nitrogens with zero attached hydrogens (tertiary/aromatic N) is 2. The number of carbonyl (C=O) groups excluding carboxylic acids is 2. The smallest absolute Gasteiger partial charge is 0.319 e. The average molecular weight is 344 g/mol. The summed E-state index contributed by atoms with van der Waals surface area (Å²) in [7, 11) is 0. The normalized spacial score (nSPS) is 18.5. The molecule has 2 aliphatic rings. The predicted molar refractivity (Wildman–Crippen MR) is 98.6 cm³/mol. The maximum Gasteiger partial charge on any atom is 0.319 e. The van der Waals surface area contributed by atoms with E-state index in [-0.39, 0.29) is 6.03 Å². The molecule has 1 aromatic carbocycles. The third-order valence-electron chi connectivity index (χ3n) is 5.16. The van der Waals surface area contributed by atoms with Gasteiger partial charge in [-0.25, -0.2) is 4.79 Å². The van der Waals surface area contributed by atoms with Crippen molar-refractivity contribution in [3.05, 3.63) is 29.8 Å². The van der Waals surface area contributed by atoms with Gasteiger partial charge in [-0.2, -0.15) is 0 Å². The van der Waals surface area contributed by atoms with Crippen LogP contribution in [0.25, 0.3) is 0 Å². The second-order valence-corrected chi connectivity index (χ2v) is 7.04. The molecular weight excluding hydrogens is 316 g/mol. The van der Waals surface area contributed by atoms with E-state index in [1.54, 1.807) is 0 Å². The third kappa shape index (κ3) is 4.95. The second-order valence-electron chi connectivity index (χ2n) is 7.04. The lowest BCUT2D eigenvalue weighted by Crippen LogP contribution is -2.52. The van der Waals surface area contributed by atoms with Crippen LogP contribution in [0.4, 0.5) is 10.5 Å². The molecule has 1 aliphatic heterocycles. The van der Waals surface area contributed by atoms with Gasteiger partial charge in [0.1, 0.15) is 0 Å². The highest BCUT2D eigenvalue weighted by Gasteiger charge is 2.30. The number of anilines is 1. The molecular formula is C19H28N4O2. The van der Waals surface area contributed by atoms with Crippen molar-refractivity contribution in [1.82, 2.24) is 15.1 Å². The Labute approximate surface area is 149 Å². The van der Waals surface area contributed by atoms with Gasteiger partial charge in [-0.05, 0) is 31.9 Å². The molecule has 25 heavy (non-hydrogen) atoms. The van der Waals surface area contributed by atoms with Gasteiger partial charge >= 0.3 is 6.03 Å². The van der Waals surface area contributed by atoms with Crippen molar-refractivity contribution in [2.75, 3.05) is 44.6 Å². The van der Waals surface area contributed by atoms with Gasteiger partial charge in [0.15, 0.2) is 0 Å². The van der Waals surface area contributed by atoms with Crippen LogP contribution in [-0.4, -0.2) is 61.0 Å². The molecule has 1 saturated heterocycles. The second kappa shape index (κ2) is 8.34. The number of urea groups is 1. The van der Waals surface area contributed by atoms with Crippen LogP contribution in [0.15, 0.2) is 24.3 Å². The van der Waals surface area contributed by atoms with E-state index in [4.69, 9.17) is 0 Å². The number of rotatable bonds is 5. The van der Waals surface area contributed by atoms with Gasteiger partial charge in [0, 0.05) is 50.9 Å². The van der Waals surface area contributed by atoms with Gasteiger partial charge in [0.05, 0.1) is 0 Å². The van der Waals surface area contributed by atoms with E-state index in [2.05, 4.69) is 15.5 Å². The monoisotopic (exact) mass is 344 g/mol. The molecule has 1 saturated carbocycles. The summed E-state index contributed by atoms with van der Waals surface area (Å²) in [5.41, 5.74) is 1.96. The first-order valence-electron chi connectivity index (χ1n) is 9.24. The highest BCUT2D eigenvalue weighted by Crippen LogP contribution is 2.28. The maximum absolute atomic E-state index is 12.2. The zero-order valence-corrected chi connectivity index (χ0v) is 15.0. The van der Waals surface area contributed by atoms with Gasteiger partial charge in [0.25, 0.3) is 0 Å². The summed E-state index contributed by atoms with van der Waals surface area (Å²) in [6.07, 6.45) is 3.34. The number of aryl methyl sites for hydroxylation is 1. The first-order chi connectivity index (χ1) is 12.1. The molecule has 6 heteroatoms. The van der Waals surface area contributed by atoms with Crippen molar-refractivity contribution in [2.24, 2.45) is 5.92 Å². The van der Waals surface area contributed by atoms with E-state index in [0.29, 0.717) is 18.4 Å². The lowest BCUT2D eigenvalue weighted by Gasteiger charge is -2.38. The number of hydrogen-bond donors (Lipinski definition) is 2. The van der Waals surface area contributed by atoms with Crippen molar-refractivity contribution in [2.45, 2.75) is 26.2 Å². The van der Waals surface area contributed by atoms with Gasteiger partial charge < -0.3 is 15.5 Å². The van der Waals surface area contributed by atoms with E-state index in [1.165, 1.54) is 12.0 Å². The molecule has 6 nitrogen and oxygen atoms in total. The number of piperazine rings is 1. The summed E-state index contributed by atoms with van der Waals surface area (Å²) in [5, 5.41) is 5.72. The Balaban J connectivity index is 1.31. The Morgan fingerprint density at radius 3 is 2.36 bits per heavy atom. The van der Waals surface area contributed by atoms with Crippen molar-refractivity contribution >= 4 is 17.6 Å². The molecule has 0 unspecified atom stereocenters. The van der Waals surface area contributed by atoms with E-state index in [0.717, 1.165) is 51.3 Å². The number of nitrogens with one attached hydrogen (secondary N) is 2. The molecule has 2 N–H and O–H groups in total. The molecule has 2 fully saturated rings. The highest BCUT2D eigenvalue weighted by atomic mass is 16.2. The summed E-state index contributed by atoms with van der Waals surface area (Å²) in [5.74, 6) is 0.639. The zero-order valence-electron chi connectivity index (χ0n) is 15.0. The minimum absolute atomic E-state index is 0.178. The van der Waals surface area contributed by atoms with Gasteiger partial charge in [-0.1, -0.05) is 24.1 Å². The molecule has 0 spiro atoms. The summed E-state index contributed by atoms with van der Waals surface area (Å²) in [6.45, 7) is 6.83. The number of amides is 3. The third-order valence-corrected chi connectivity index (χ3v) is 5.16. The largest absolute Gasteiger partial charge is 0.340 e. The topological polar surface area (TPSA) is 64.7 Å². The van der Waals surface area contributed by atoms with E-state index in [9.17, 15) is 9.59 Å². The molecule has 0 aromatic heterocycles. The molecule has 1 aliphatic carbocycles. The summed E-state index contributed by atoms with van der Waals surface area (Å²) in [6, 6.07) is 7.56. The lowest BCUT2D eigenvalue weighted by molar-refractivity contribution is -0.139. The summed E-state index contributed by atoms with van der Waals surface area (Å²) < 4.78 is 0. The van der Waals surface area contributed by atoms with E-state index in [1.807, 2.05) is 36.1 Å². The standard InChI is InChI=1S/C19H28N4O2/c1-15-5-7-17(8-6-15)21-19(25)20-9-10-22-11-13-23(14-12-22)18(24)16-3-2-4-16/h5-8,16H,2-4,9-14H2,1H3,(H2,20,21,25). The first-order valence-corrected chi connectivity index (χ1v) is 9.24. The fourth-order valence-electron chi connectivity index (χ4n) is 3.24. The molecule has 1 heterocycles. The van der Waals surface area contributed by atoms with Crippen LogP contribution in [-0.2, 0) is 4.79 Å². The SMILES string of the molecule is Cc1ccc(NC(=O)NCCN2CCN(C(=O)C3CCC3)CC2)cc1. The van der Waals surface area contributed by atoms with Crippen LogP contribution in [0.3, 0.4) is 0 Å². The van der Waals surface area contributed by atoms with Crippen LogP contribution < -0.4 is 10.6 Å². The Kier molecular flexibility index (Phi) is 5.91. The average Bonchev–Trinajstić information content (AvgIpc) is 2.56. The van der Waals surface area contributed by atoms with Crippen LogP contribution >= 0.6 is 0 Å². The zero-order chi connectivity index (χ0) is 17.6. The van der Waals surface area contributed by atoms with Crippen molar-refractivity contribution in [3.63, 3.8) is 0 Å². The van der Waals surface area contributed by atoms with Crippen LogP contribution in [0.2, 0.25) is 0 Å². The first kappa shape index (κ1) is 17.7. The fourth-order valence-corrected chi connectivity index (χ4v) is 3.24. The molecule has 0 atom stereocenters. The number of benzene rings is 1. The van der Waals surface area contributed by atoms with Crippen LogP contribution in [0.1, 0.15) is 24.8 Å². The summed E-state index contributed by atoms with van der Waals surface area (Å²) >= 11 is 0. The Hall–Kier alpha value is -2.08. The highest BCUT2D eigenvalue weighted by molar-refractivity contribution is 5.89. The Morgan fingerprint density at radius 1 is 1.08 bits per heavy atom. The minimum Gasteiger partial charge on any atom is -0.340 e. The van der Waals surface area contributed by atoms with Crippen molar-refractivity contribution in [1.29, 1.82) is 0 Å². The maximum atomic E-state index is 12.2. The lowest BCUT2D eigenvalue weighted by atomic mass is 9.84. The van der Waals surface area contributed by atoms with Gasteiger partial charge in [0.2, 0.25) is 5.91 Å². The molecule has 3 rings (SSSR count). The quantitative estimate of drug-likeness (QED) is 0.859. The predicted octanol–water partition coefficient (Wildman–Crippen LogP) is 2.06. The molecule has 0 radical (unpaired) electrons. The van der Waals surface area contributed by atoms with Crippen LogP contribution in [0, 0.1) is 12.8 Å². The fraction of sp³-hybridized carbons (Fsp3) is 0.579. The van der Waals surface area contributed by atoms with E-state index < -0.39 is 0 Å². The summed E-state index contributed by atoms with van der Waals surface area (Å²) in [4.78, 5) is 28.4. The molecule has 0 bridgehead atoms. The minimum atomic E-state index is -0.178. The Morgan fingerprint density at radius 2 is 1.76 bits per heavy atom. The van der Waals surface area contributed by atoms with Crippen molar-refractivity contribution < 1.29 is 9.59 Å². The molecule has 3 amide bonds. The molecule has 1 aromatic rings.